The van der Waals surface area contributed by atoms with Crippen LogP contribution in [0.4, 0.5) is 0 Å². The number of hydrogen-bond donors (Lipinski definition) is 0. The van der Waals surface area contributed by atoms with Gasteiger partial charge in [0, 0.05) is 17.0 Å². The van der Waals surface area contributed by atoms with Gasteiger partial charge in [0.15, 0.2) is 0 Å². The van der Waals surface area contributed by atoms with Crippen molar-refractivity contribution in [1.82, 2.24) is 4.90 Å². The molecule has 0 atom stereocenters. The minimum Gasteiger partial charge on any atom is -0.496 e. The monoisotopic (exact) mass is 509 g/mol. The number of fused-ring (bicyclic) bond motifs is 3. The largest absolute Gasteiger partial charge is 0.496 e. The number of methoxy groups -OCH3 is 1. The van der Waals surface area contributed by atoms with Crippen LogP contribution in [0, 0.1) is 0 Å². The van der Waals surface area contributed by atoms with Gasteiger partial charge < -0.3 is 13.9 Å². The van der Waals surface area contributed by atoms with Gasteiger partial charge in [-0.2, -0.15) is 0 Å². The van der Waals surface area contributed by atoms with Crippen LogP contribution < -0.4 is 10.4 Å². The van der Waals surface area contributed by atoms with Crippen LogP contribution in [0.1, 0.15) is 59.7 Å². The summed E-state index contributed by atoms with van der Waals surface area (Å²) in [5, 5.41) is 0.740. The Morgan fingerprint density at radius 1 is 0.921 bits per heavy atom. The lowest BCUT2D eigenvalue weighted by Crippen LogP contribution is -2.29. The second-order valence-corrected chi connectivity index (χ2v) is 9.41. The summed E-state index contributed by atoms with van der Waals surface area (Å²) in [5.41, 5.74) is 4.33. The molecule has 0 fully saturated rings. The quantitative estimate of drug-likeness (QED) is 0.215. The zero-order valence-electron chi connectivity index (χ0n) is 20.6. The Hall–Kier alpha value is -4.72. The van der Waals surface area contributed by atoms with E-state index in [9.17, 15) is 19.2 Å². The first-order chi connectivity index (χ1) is 18.4. The number of amides is 2. The van der Waals surface area contributed by atoms with Crippen LogP contribution in [-0.2, 0) is 30.7 Å². The van der Waals surface area contributed by atoms with E-state index in [0.29, 0.717) is 27.8 Å². The summed E-state index contributed by atoms with van der Waals surface area (Å²) in [4.78, 5) is 52.0. The lowest BCUT2D eigenvalue weighted by Gasteiger charge is -2.16. The average Bonchev–Trinajstić information content (AvgIpc) is 3.48. The number of carbonyl (C=O) groups excluding carboxylic acids is 3. The van der Waals surface area contributed by atoms with Crippen molar-refractivity contribution in [2.24, 2.45) is 0 Å². The van der Waals surface area contributed by atoms with Crippen molar-refractivity contribution in [3.05, 3.63) is 110 Å². The van der Waals surface area contributed by atoms with Crippen LogP contribution in [0.5, 0.6) is 5.75 Å². The average molecular weight is 510 g/mol. The van der Waals surface area contributed by atoms with Crippen LogP contribution in [0.25, 0.3) is 11.0 Å². The second kappa shape index (κ2) is 9.30. The van der Waals surface area contributed by atoms with Gasteiger partial charge in [0.1, 0.15) is 23.5 Å². The van der Waals surface area contributed by atoms with Crippen molar-refractivity contribution in [3.8, 4) is 5.75 Å². The minimum absolute atomic E-state index is 0.00784. The topological polar surface area (TPSA) is 103 Å². The lowest BCUT2D eigenvalue weighted by molar-refractivity contribution is 0.0470. The first-order valence-electron chi connectivity index (χ1n) is 12.3. The summed E-state index contributed by atoms with van der Waals surface area (Å²) < 4.78 is 16.4. The molecule has 2 aliphatic rings. The van der Waals surface area contributed by atoms with Gasteiger partial charge in [0.05, 0.1) is 24.8 Å². The van der Waals surface area contributed by atoms with E-state index in [0.717, 1.165) is 29.5 Å². The predicted octanol–water partition coefficient (Wildman–Crippen LogP) is 4.44. The van der Waals surface area contributed by atoms with Gasteiger partial charge in [0.25, 0.3) is 11.8 Å². The normalized spacial score (nSPS) is 14.1. The van der Waals surface area contributed by atoms with Gasteiger partial charge in [-0.25, -0.2) is 9.59 Å². The molecule has 38 heavy (non-hydrogen) atoms. The van der Waals surface area contributed by atoms with E-state index in [-0.39, 0.29) is 36.3 Å². The molecular weight excluding hydrogens is 486 g/mol. The fourth-order valence-corrected chi connectivity index (χ4v) is 5.21. The number of nitrogens with zero attached hydrogens (tertiary/aromatic N) is 1. The standard InChI is InChI=1S/C30H23NO7/c1-36-25-10-9-17(15-31-28(33)21-7-2-3-8-22(21)29(31)34)11-24(25)30(35)37-16-20-14-27(32)38-26-13-19-6-4-5-18(19)12-23(20)26/h2-3,7-14H,4-6,15-16H2,1H3. The number of aryl methyl sites for hydroxylation is 2. The zero-order valence-corrected chi connectivity index (χ0v) is 20.6. The third-order valence-electron chi connectivity index (χ3n) is 7.10. The zero-order chi connectivity index (χ0) is 26.4. The molecule has 4 aromatic rings. The molecule has 0 spiro atoms. The molecule has 1 aromatic heterocycles. The van der Waals surface area contributed by atoms with E-state index in [4.69, 9.17) is 13.9 Å². The van der Waals surface area contributed by atoms with Crippen LogP contribution in [0.3, 0.4) is 0 Å². The van der Waals surface area contributed by atoms with Crippen LogP contribution in [-0.4, -0.2) is 29.8 Å². The first kappa shape index (κ1) is 23.7. The maximum absolute atomic E-state index is 13.2. The smallest absolute Gasteiger partial charge is 0.342 e. The molecule has 8 nitrogen and oxygen atoms in total. The number of benzene rings is 3. The van der Waals surface area contributed by atoms with Crippen molar-refractivity contribution in [3.63, 3.8) is 0 Å². The summed E-state index contributed by atoms with van der Waals surface area (Å²) in [6, 6.07) is 16.7. The third kappa shape index (κ3) is 4.04. The summed E-state index contributed by atoms with van der Waals surface area (Å²) >= 11 is 0. The highest BCUT2D eigenvalue weighted by molar-refractivity contribution is 6.21. The van der Waals surface area contributed by atoms with Gasteiger partial charge in [0.2, 0.25) is 0 Å². The summed E-state index contributed by atoms with van der Waals surface area (Å²) in [6.07, 6.45) is 2.96. The third-order valence-corrected chi connectivity index (χ3v) is 7.10. The number of ether oxygens (including phenoxy) is 2. The number of imide groups is 1. The highest BCUT2D eigenvalue weighted by Gasteiger charge is 2.35. The number of carbonyl (C=O) groups is 3. The van der Waals surface area contributed by atoms with Gasteiger partial charge >= 0.3 is 11.6 Å². The molecule has 0 saturated carbocycles. The maximum atomic E-state index is 13.2. The molecule has 0 saturated heterocycles. The van der Waals surface area contributed by atoms with E-state index in [1.165, 1.54) is 24.3 Å². The van der Waals surface area contributed by atoms with Crippen molar-refractivity contribution < 1.29 is 28.3 Å². The van der Waals surface area contributed by atoms with Crippen molar-refractivity contribution in [1.29, 1.82) is 0 Å². The lowest BCUT2D eigenvalue weighted by atomic mass is 10.0. The first-order valence-corrected chi connectivity index (χ1v) is 12.3. The Labute approximate surface area is 217 Å². The second-order valence-electron chi connectivity index (χ2n) is 9.41. The van der Waals surface area contributed by atoms with Crippen LogP contribution >= 0.6 is 0 Å². The molecular formula is C30H23NO7. The van der Waals surface area contributed by atoms with Crippen LogP contribution in [0.15, 0.2) is 69.9 Å². The molecule has 1 aliphatic heterocycles. The molecule has 0 radical (unpaired) electrons. The molecule has 190 valence electrons. The molecule has 8 heteroatoms. The van der Waals surface area contributed by atoms with E-state index >= 15 is 0 Å². The summed E-state index contributed by atoms with van der Waals surface area (Å²) in [6.45, 7) is -0.141. The molecule has 3 aromatic carbocycles. The minimum atomic E-state index is -0.659. The highest BCUT2D eigenvalue weighted by atomic mass is 16.5. The fraction of sp³-hybridized carbons (Fsp3) is 0.200. The Balaban J connectivity index is 1.25. The molecule has 1 aliphatic carbocycles. The van der Waals surface area contributed by atoms with Crippen LogP contribution in [0.2, 0.25) is 0 Å². The van der Waals surface area contributed by atoms with E-state index in [1.807, 2.05) is 12.1 Å². The Kier molecular flexibility index (Phi) is 5.79. The Morgan fingerprint density at radius 2 is 1.63 bits per heavy atom. The molecule has 2 heterocycles. The Bertz CT molecular complexity index is 1670. The maximum Gasteiger partial charge on any atom is 0.342 e. The summed E-state index contributed by atoms with van der Waals surface area (Å²) in [7, 11) is 1.44. The molecule has 0 unspecified atom stereocenters. The summed E-state index contributed by atoms with van der Waals surface area (Å²) in [5.74, 6) is -1.14. The number of esters is 1. The van der Waals surface area contributed by atoms with Gasteiger partial charge in [-0.1, -0.05) is 18.2 Å². The van der Waals surface area contributed by atoms with E-state index < -0.39 is 11.6 Å². The van der Waals surface area contributed by atoms with Gasteiger partial charge in [-0.15, -0.1) is 0 Å². The van der Waals surface area contributed by atoms with Crippen molar-refractivity contribution in [2.75, 3.05) is 7.11 Å². The van der Waals surface area contributed by atoms with E-state index in [2.05, 4.69) is 0 Å². The van der Waals surface area contributed by atoms with Crippen molar-refractivity contribution in [2.45, 2.75) is 32.4 Å². The molecule has 0 N–H and O–H groups in total. The Morgan fingerprint density at radius 3 is 2.34 bits per heavy atom. The molecule has 0 bridgehead atoms. The molecule has 2 amide bonds. The van der Waals surface area contributed by atoms with Crippen molar-refractivity contribution >= 4 is 28.8 Å². The predicted molar refractivity (Wildman–Crippen MR) is 137 cm³/mol. The fourth-order valence-electron chi connectivity index (χ4n) is 5.21. The number of hydrogen-bond acceptors (Lipinski definition) is 7. The number of rotatable bonds is 6. The van der Waals surface area contributed by atoms with Gasteiger partial charge in [-0.3, -0.25) is 14.5 Å². The highest BCUT2D eigenvalue weighted by Crippen LogP contribution is 2.30. The van der Waals surface area contributed by atoms with E-state index in [1.54, 1.807) is 42.5 Å². The molecule has 6 rings (SSSR count). The SMILES string of the molecule is COc1ccc(CN2C(=O)c3ccccc3C2=O)cc1C(=O)OCc1cc(=O)oc2cc3c(cc12)CCC3. The van der Waals surface area contributed by atoms with Gasteiger partial charge in [-0.05, 0) is 72.4 Å².